The zero-order valence-electron chi connectivity index (χ0n) is 12.5. The van der Waals surface area contributed by atoms with E-state index in [4.69, 9.17) is 0 Å². The normalized spacial score (nSPS) is 26.3. The van der Waals surface area contributed by atoms with Gasteiger partial charge in [0.15, 0.2) is 0 Å². The van der Waals surface area contributed by atoms with Crippen molar-refractivity contribution in [2.75, 3.05) is 6.54 Å². The zero-order valence-corrected chi connectivity index (χ0v) is 12.5. The van der Waals surface area contributed by atoms with Crippen molar-refractivity contribution in [1.29, 1.82) is 0 Å². The van der Waals surface area contributed by atoms with E-state index in [2.05, 4.69) is 22.9 Å². The Bertz CT molecular complexity index is 320. The molecule has 0 aromatic rings. The fourth-order valence-corrected chi connectivity index (χ4v) is 2.24. The Hall–Kier alpha value is -1.10. The Morgan fingerprint density at radius 2 is 2.00 bits per heavy atom. The molecule has 5 nitrogen and oxygen atoms in total. The van der Waals surface area contributed by atoms with E-state index >= 15 is 0 Å². The van der Waals surface area contributed by atoms with E-state index in [9.17, 15) is 9.59 Å². The van der Waals surface area contributed by atoms with Crippen molar-refractivity contribution in [2.45, 2.75) is 65.1 Å². The first-order valence-corrected chi connectivity index (χ1v) is 7.28. The Balaban J connectivity index is 2.40. The predicted octanol–water partition coefficient (Wildman–Crippen LogP) is 0.794. The third-order valence-electron chi connectivity index (χ3n) is 3.75. The second kappa shape index (κ2) is 7.48. The molecular formula is C14H27N3O2. The van der Waals surface area contributed by atoms with E-state index in [0.29, 0.717) is 6.04 Å². The van der Waals surface area contributed by atoms with Gasteiger partial charge in [-0.1, -0.05) is 6.92 Å². The topological polar surface area (TPSA) is 70.2 Å². The fraction of sp³-hybridized carbons (Fsp3) is 0.857. The lowest BCUT2D eigenvalue weighted by Crippen LogP contribution is -2.50. The summed E-state index contributed by atoms with van der Waals surface area (Å²) in [6, 6.07) is 0.0474. The van der Waals surface area contributed by atoms with Gasteiger partial charge in [0.2, 0.25) is 11.8 Å². The van der Waals surface area contributed by atoms with Gasteiger partial charge in [0.1, 0.15) is 6.04 Å². The first-order valence-electron chi connectivity index (χ1n) is 7.28. The van der Waals surface area contributed by atoms with Crippen molar-refractivity contribution in [3.8, 4) is 0 Å². The molecule has 1 fully saturated rings. The van der Waals surface area contributed by atoms with Gasteiger partial charge in [-0.3, -0.25) is 9.59 Å². The van der Waals surface area contributed by atoms with Gasteiger partial charge in [0.25, 0.3) is 0 Å². The molecule has 1 rings (SSSR count). The summed E-state index contributed by atoms with van der Waals surface area (Å²) in [5.41, 5.74) is 0. The molecule has 0 radical (unpaired) electrons. The van der Waals surface area contributed by atoms with Crippen LogP contribution in [-0.4, -0.2) is 36.5 Å². The van der Waals surface area contributed by atoms with E-state index in [1.165, 1.54) is 0 Å². The molecule has 0 bridgehead atoms. The quantitative estimate of drug-likeness (QED) is 0.691. The summed E-state index contributed by atoms with van der Waals surface area (Å²) in [6.07, 6.45) is 2.57. The average molecular weight is 269 g/mol. The molecule has 2 amide bonds. The minimum absolute atomic E-state index is 0.000140. The Morgan fingerprint density at radius 3 is 2.58 bits per heavy atom. The van der Waals surface area contributed by atoms with Crippen molar-refractivity contribution in [3.63, 3.8) is 0 Å². The molecule has 1 heterocycles. The van der Waals surface area contributed by atoms with Gasteiger partial charge in [-0.15, -0.1) is 0 Å². The standard InChI is InChI=1S/C14H27N3O2/c1-5-9(2)16-13(18)11(4)17-14(19)12-6-7-15-10(3)8-12/h9-12,15H,5-8H2,1-4H3,(H,16,18)(H,17,19)/t9?,10-,11?,12-/m0/s1. The van der Waals surface area contributed by atoms with Gasteiger partial charge < -0.3 is 16.0 Å². The first-order chi connectivity index (χ1) is 8.93. The van der Waals surface area contributed by atoms with Crippen molar-refractivity contribution >= 4 is 11.8 Å². The van der Waals surface area contributed by atoms with Crippen molar-refractivity contribution < 1.29 is 9.59 Å². The lowest BCUT2D eigenvalue weighted by atomic mass is 9.92. The van der Waals surface area contributed by atoms with Crippen molar-refractivity contribution in [2.24, 2.45) is 5.92 Å². The molecule has 1 aliphatic rings. The molecule has 0 saturated carbocycles. The molecule has 19 heavy (non-hydrogen) atoms. The van der Waals surface area contributed by atoms with Crippen LogP contribution in [0.2, 0.25) is 0 Å². The number of carbonyl (C=O) groups is 2. The van der Waals surface area contributed by atoms with Crippen molar-refractivity contribution in [3.05, 3.63) is 0 Å². The maximum absolute atomic E-state index is 12.1. The second-order valence-electron chi connectivity index (χ2n) is 5.62. The van der Waals surface area contributed by atoms with Crippen LogP contribution in [0.5, 0.6) is 0 Å². The van der Waals surface area contributed by atoms with E-state index < -0.39 is 6.04 Å². The fourth-order valence-electron chi connectivity index (χ4n) is 2.24. The summed E-state index contributed by atoms with van der Waals surface area (Å²) in [7, 11) is 0. The smallest absolute Gasteiger partial charge is 0.242 e. The molecule has 0 aromatic heterocycles. The number of rotatable bonds is 5. The van der Waals surface area contributed by atoms with Crippen LogP contribution < -0.4 is 16.0 Å². The Labute approximate surface area is 115 Å². The highest BCUT2D eigenvalue weighted by Crippen LogP contribution is 2.16. The van der Waals surface area contributed by atoms with Crippen molar-refractivity contribution in [1.82, 2.24) is 16.0 Å². The lowest BCUT2D eigenvalue weighted by Gasteiger charge is -2.28. The number of hydrogen-bond acceptors (Lipinski definition) is 3. The zero-order chi connectivity index (χ0) is 14.4. The van der Waals surface area contributed by atoms with Gasteiger partial charge >= 0.3 is 0 Å². The third kappa shape index (κ3) is 5.19. The van der Waals surface area contributed by atoms with Crippen LogP contribution in [0.3, 0.4) is 0 Å². The van der Waals surface area contributed by atoms with Crippen LogP contribution in [0.25, 0.3) is 0 Å². The molecule has 2 unspecified atom stereocenters. The van der Waals surface area contributed by atoms with Crippen LogP contribution in [0.1, 0.15) is 47.0 Å². The maximum atomic E-state index is 12.1. The molecule has 110 valence electrons. The van der Waals surface area contributed by atoms with Gasteiger partial charge in [-0.25, -0.2) is 0 Å². The summed E-state index contributed by atoms with van der Waals surface area (Å²) in [5, 5.41) is 9.02. The third-order valence-corrected chi connectivity index (χ3v) is 3.75. The molecule has 5 heteroatoms. The molecule has 0 spiro atoms. The number of piperidine rings is 1. The maximum Gasteiger partial charge on any atom is 0.242 e. The summed E-state index contributed by atoms with van der Waals surface area (Å²) in [5.74, 6) is -0.0834. The van der Waals surface area contributed by atoms with Crippen LogP contribution in [0, 0.1) is 5.92 Å². The summed E-state index contributed by atoms with van der Waals surface area (Å²) < 4.78 is 0. The molecule has 0 aromatic carbocycles. The van der Waals surface area contributed by atoms with Crippen LogP contribution in [0.15, 0.2) is 0 Å². The predicted molar refractivity (Wildman–Crippen MR) is 75.7 cm³/mol. The lowest BCUT2D eigenvalue weighted by molar-refractivity contribution is -0.131. The monoisotopic (exact) mass is 269 g/mol. The SMILES string of the molecule is CCC(C)NC(=O)C(C)NC(=O)[C@H]1CCN[C@@H](C)C1. The molecule has 0 aliphatic carbocycles. The largest absolute Gasteiger partial charge is 0.352 e. The Morgan fingerprint density at radius 1 is 1.32 bits per heavy atom. The average Bonchev–Trinajstić information content (AvgIpc) is 2.38. The minimum Gasteiger partial charge on any atom is -0.352 e. The summed E-state index contributed by atoms with van der Waals surface area (Å²) in [6.45, 7) is 8.66. The molecular weight excluding hydrogens is 242 g/mol. The second-order valence-corrected chi connectivity index (χ2v) is 5.62. The van der Waals surface area contributed by atoms with Gasteiger partial charge in [0, 0.05) is 18.0 Å². The highest BCUT2D eigenvalue weighted by Gasteiger charge is 2.27. The highest BCUT2D eigenvalue weighted by atomic mass is 16.2. The molecule has 4 atom stereocenters. The number of carbonyl (C=O) groups excluding carboxylic acids is 2. The minimum atomic E-state index is -0.466. The molecule has 1 saturated heterocycles. The summed E-state index contributed by atoms with van der Waals surface area (Å²) in [4.78, 5) is 24.0. The van der Waals surface area contributed by atoms with E-state index in [0.717, 1.165) is 25.8 Å². The van der Waals surface area contributed by atoms with E-state index in [-0.39, 0.29) is 23.8 Å². The molecule has 3 N–H and O–H groups in total. The number of nitrogens with one attached hydrogen (secondary N) is 3. The van der Waals surface area contributed by atoms with Crippen LogP contribution >= 0.6 is 0 Å². The van der Waals surface area contributed by atoms with E-state index in [1.54, 1.807) is 6.92 Å². The molecule has 1 aliphatic heterocycles. The Kier molecular flexibility index (Phi) is 6.28. The van der Waals surface area contributed by atoms with E-state index in [1.807, 2.05) is 13.8 Å². The number of hydrogen-bond donors (Lipinski definition) is 3. The first kappa shape index (κ1) is 16.0. The van der Waals surface area contributed by atoms with Gasteiger partial charge in [0.05, 0.1) is 0 Å². The van der Waals surface area contributed by atoms with Crippen LogP contribution in [-0.2, 0) is 9.59 Å². The number of amides is 2. The van der Waals surface area contributed by atoms with Gasteiger partial charge in [-0.05, 0) is 46.6 Å². The van der Waals surface area contributed by atoms with Crippen LogP contribution in [0.4, 0.5) is 0 Å². The summed E-state index contributed by atoms with van der Waals surface area (Å²) >= 11 is 0. The highest BCUT2D eigenvalue weighted by molar-refractivity contribution is 5.88. The van der Waals surface area contributed by atoms with Gasteiger partial charge in [-0.2, -0.15) is 0 Å².